The standard InChI is InChI=1S/C22H24N2O2S/c1-2-14-27-20-11-7-6-10-19(20)23-22(26)18-15-21(25)24(16-18)13-12-17-8-4-3-5-9-17/h2-11,18H,1,12-16H2,(H,23,26). The molecule has 0 spiro atoms. The zero-order chi connectivity index (χ0) is 19.1. The van der Waals surface area contributed by atoms with Gasteiger partial charge in [0.1, 0.15) is 0 Å². The van der Waals surface area contributed by atoms with E-state index in [0.29, 0.717) is 13.1 Å². The second kappa shape index (κ2) is 9.42. The average molecular weight is 381 g/mol. The molecule has 0 aliphatic carbocycles. The number of likely N-dealkylation sites (tertiary alicyclic amines) is 1. The van der Waals surface area contributed by atoms with E-state index >= 15 is 0 Å². The summed E-state index contributed by atoms with van der Waals surface area (Å²) in [5.41, 5.74) is 2.00. The monoisotopic (exact) mass is 380 g/mol. The molecule has 4 nitrogen and oxygen atoms in total. The number of amides is 2. The SMILES string of the molecule is C=CCSc1ccccc1NC(=O)C1CC(=O)N(CCc2ccccc2)C1. The summed E-state index contributed by atoms with van der Waals surface area (Å²) in [7, 11) is 0. The molecular weight excluding hydrogens is 356 g/mol. The van der Waals surface area contributed by atoms with Crippen LogP contribution >= 0.6 is 11.8 Å². The molecular formula is C22H24N2O2S. The number of benzene rings is 2. The number of nitrogens with one attached hydrogen (secondary N) is 1. The van der Waals surface area contributed by atoms with Gasteiger partial charge >= 0.3 is 0 Å². The lowest BCUT2D eigenvalue weighted by molar-refractivity contribution is -0.128. The fourth-order valence-electron chi connectivity index (χ4n) is 3.15. The highest BCUT2D eigenvalue weighted by Crippen LogP contribution is 2.28. The molecule has 1 heterocycles. The lowest BCUT2D eigenvalue weighted by atomic mass is 10.1. The molecule has 2 amide bonds. The van der Waals surface area contributed by atoms with Gasteiger partial charge < -0.3 is 10.2 Å². The first-order valence-corrected chi connectivity index (χ1v) is 10.1. The van der Waals surface area contributed by atoms with Crippen LogP contribution in [0.2, 0.25) is 0 Å². The number of rotatable bonds is 8. The third kappa shape index (κ3) is 5.23. The van der Waals surface area contributed by atoms with Crippen LogP contribution in [-0.4, -0.2) is 35.6 Å². The molecule has 1 atom stereocenters. The van der Waals surface area contributed by atoms with E-state index in [9.17, 15) is 9.59 Å². The molecule has 27 heavy (non-hydrogen) atoms. The fourth-order valence-corrected chi connectivity index (χ4v) is 3.90. The third-order valence-electron chi connectivity index (χ3n) is 4.60. The molecule has 5 heteroatoms. The zero-order valence-corrected chi connectivity index (χ0v) is 16.1. The summed E-state index contributed by atoms with van der Waals surface area (Å²) >= 11 is 1.63. The summed E-state index contributed by atoms with van der Waals surface area (Å²) in [4.78, 5) is 27.8. The van der Waals surface area contributed by atoms with E-state index in [0.717, 1.165) is 22.8 Å². The summed E-state index contributed by atoms with van der Waals surface area (Å²) in [6.07, 6.45) is 2.92. The number of hydrogen-bond donors (Lipinski definition) is 1. The molecule has 0 bridgehead atoms. The molecule has 1 aliphatic rings. The van der Waals surface area contributed by atoms with Crippen molar-refractivity contribution in [2.75, 3.05) is 24.2 Å². The first-order valence-electron chi connectivity index (χ1n) is 9.12. The molecule has 2 aromatic rings. The summed E-state index contributed by atoms with van der Waals surface area (Å²) in [6.45, 7) is 4.87. The van der Waals surface area contributed by atoms with E-state index in [2.05, 4.69) is 24.0 Å². The largest absolute Gasteiger partial charge is 0.342 e. The Kier molecular flexibility index (Phi) is 6.71. The number of thioether (sulfide) groups is 1. The number of carbonyl (C=O) groups excluding carboxylic acids is 2. The topological polar surface area (TPSA) is 49.4 Å². The van der Waals surface area contributed by atoms with Crippen LogP contribution in [0.25, 0.3) is 0 Å². The van der Waals surface area contributed by atoms with Gasteiger partial charge in [0, 0.05) is 30.2 Å². The van der Waals surface area contributed by atoms with Crippen LogP contribution in [0.15, 0.2) is 72.1 Å². The number of anilines is 1. The summed E-state index contributed by atoms with van der Waals surface area (Å²) in [6, 6.07) is 17.8. The molecule has 0 saturated carbocycles. The molecule has 0 aromatic heterocycles. The predicted molar refractivity (Wildman–Crippen MR) is 111 cm³/mol. The van der Waals surface area contributed by atoms with Crippen LogP contribution in [-0.2, 0) is 16.0 Å². The average Bonchev–Trinajstić information content (AvgIpc) is 3.07. The molecule has 1 saturated heterocycles. The highest BCUT2D eigenvalue weighted by molar-refractivity contribution is 7.99. The van der Waals surface area contributed by atoms with Crippen molar-refractivity contribution in [1.29, 1.82) is 0 Å². The highest BCUT2D eigenvalue weighted by Gasteiger charge is 2.34. The van der Waals surface area contributed by atoms with Crippen molar-refractivity contribution < 1.29 is 9.59 Å². The molecule has 140 valence electrons. The molecule has 1 fully saturated rings. The van der Waals surface area contributed by atoms with E-state index in [1.165, 1.54) is 5.56 Å². The van der Waals surface area contributed by atoms with Gasteiger partial charge in [0.2, 0.25) is 11.8 Å². The van der Waals surface area contributed by atoms with Crippen molar-refractivity contribution >= 4 is 29.3 Å². The maximum Gasteiger partial charge on any atom is 0.229 e. The number of carbonyl (C=O) groups is 2. The first kappa shape index (κ1) is 19.2. The maximum absolute atomic E-state index is 12.7. The Morgan fingerprint density at radius 1 is 1.19 bits per heavy atom. The maximum atomic E-state index is 12.7. The smallest absolute Gasteiger partial charge is 0.229 e. The Bertz CT molecular complexity index is 807. The third-order valence-corrected chi connectivity index (χ3v) is 5.67. The summed E-state index contributed by atoms with van der Waals surface area (Å²) in [5, 5.41) is 3.00. The molecule has 2 aromatic carbocycles. The van der Waals surface area contributed by atoms with E-state index < -0.39 is 0 Å². The molecule has 1 N–H and O–H groups in total. The predicted octanol–water partition coefficient (Wildman–Crippen LogP) is 3.99. The van der Waals surface area contributed by atoms with Crippen LogP contribution in [0.5, 0.6) is 0 Å². The molecule has 0 radical (unpaired) electrons. The number of hydrogen-bond acceptors (Lipinski definition) is 3. The van der Waals surface area contributed by atoms with E-state index in [1.54, 1.807) is 16.7 Å². The second-order valence-electron chi connectivity index (χ2n) is 6.56. The van der Waals surface area contributed by atoms with Gasteiger partial charge in [-0.3, -0.25) is 9.59 Å². The molecule has 1 unspecified atom stereocenters. The van der Waals surface area contributed by atoms with Crippen molar-refractivity contribution in [2.45, 2.75) is 17.7 Å². The Balaban J connectivity index is 1.57. The van der Waals surface area contributed by atoms with Crippen molar-refractivity contribution in [3.8, 4) is 0 Å². The van der Waals surface area contributed by atoms with Gasteiger partial charge in [-0.15, -0.1) is 18.3 Å². The first-order chi connectivity index (χ1) is 13.2. The minimum atomic E-state index is -0.300. The van der Waals surface area contributed by atoms with Crippen LogP contribution in [0.1, 0.15) is 12.0 Å². The van der Waals surface area contributed by atoms with Crippen LogP contribution in [0, 0.1) is 5.92 Å². The molecule has 1 aliphatic heterocycles. The van der Waals surface area contributed by atoms with Gasteiger partial charge in [-0.2, -0.15) is 0 Å². The van der Waals surface area contributed by atoms with Gasteiger partial charge in [0.15, 0.2) is 0 Å². The summed E-state index contributed by atoms with van der Waals surface area (Å²) in [5.74, 6) is 0.450. The minimum Gasteiger partial charge on any atom is -0.342 e. The Morgan fingerprint density at radius 3 is 2.70 bits per heavy atom. The lowest BCUT2D eigenvalue weighted by Gasteiger charge is -2.17. The molecule has 3 rings (SSSR count). The summed E-state index contributed by atoms with van der Waals surface area (Å²) < 4.78 is 0. The van der Waals surface area contributed by atoms with Crippen molar-refractivity contribution in [1.82, 2.24) is 4.90 Å². The van der Waals surface area contributed by atoms with Crippen LogP contribution in [0.3, 0.4) is 0 Å². The van der Waals surface area contributed by atoms with Gasteiger partial charge in [-0.05, 0) is 24.1 Å². The van der Waals surface area contributed by atoms with Gasteiger partial charge in [-0.1, -0.05) is 48.5 Å². The highest BCUT2D eigenvalue weighted by atomic mass is 32.2. The van der Waals surface area contributed by atoms with Crippen molar-refractivity contribution in [3.05, 3.63) is 72.8 Å². The Labute approximate surface area is 164 Å². The normalized spacial score (nSPS) is 16.4. The lowest BCUT2D eigenvalue weighted by Crippen LogP contribution is -2.30. The van der Waals surface area contributed by atoms with Crippen LogP contribution in [0.4, 0.5) is 5.69 Å². The van der Waals surface area contributed by atoms with E-state index in [-0.39, 0.29) is 24.2 Å². The van der Waals surface area contributed by atoms with Gasteiger partial charge in [-0.25, -0.2) is 0 Å². The van der Waals surface area contributed by atoms with E-state index in [1.807, 2.05) is 48.5 Å². The van der Waals surface area contributed by atoms with Gasteiger partial charge in [0.25, 0.3) is 0 Å². The number of para-hydroxylation sites is 1. The second-order valence-corrected chi connectivity index (χ2v) is 7.62. The van der Waals surface area contributed by atoms with Crippen molar-refractivity contribution in [3.63, 3.8) is 0 Å². The Hall–Kier alpha value is -2.53. The van der Waals surface area contributed by atoms with Crippen LogP contribution < -0.4 is 5.32 Å². The Morgan fingerprint density at radius 2 is 1.93 bits per heavy atom. The minimum absolute atomic E-state index is 0.0559. The fraction of sp³-hybridized carbons (Fsp3) is 0.273. The quantitative estimate of drug-likeness (QED) is 0.556. The van der Waals surface area contributed by atoms with Gasteiger partial charge in [0.05, 0.1) is 11.6 Å². The van der Waals surface area contributed by atoms with E-state index in [4.69, 9.17) is 0 Å². The number of nitrogens with zero attached hydrogens (tertiary/aromatic N) is 1. The van der Waals surface area contributed by atoms with Crippen molar-refractivity contribution in [2.24, 2.45) is 5.92 Å². The zero-order valence-electron chi connectivity index (χ0n) is 15.3.